The summed E-state index contributed by atoms with van der Waals surface area (Å²) in [5, 5.41) is 6.47. The SMILES string of the molecule is Nc1cccc(-c2ncn(-c3ncnc4ccsc34)n2)c1. The molecule has 4 rings (SSSR count). The van der Waals surface area contributed by atoms with Gasteiger partial charge in [0.15, 0.2) is 11.6 Å². The fourth-order valence-corrected chi connectivity index (χ4v) is 2.94. The molecule has 6 nitrogen and oxygen atoms in total. The molecule has 102 valence electrons. The molecule has 0 aliphatic heterocycles. The van der Waals surface area contributed by atoms with E-state index in [1.54, 1.807) is 22.3 Å². The fourth-order valence-electron chi connectivity index (χ4n) is 2.11. The van der Waals surface area contributed by atoms with Gasteiger partial charge in [0, 0.05) is 11.3 Å². The highest BCUT2D eigenvalue weighted by Crippen LogP contribution is 2.24. The summed E-state index contributed by atoms with van der Waals surface area (Å²) in [7, 11) is 0. The molecule has 21 heavy (non-hydrogen) atoms. The molecule has 7 heteroatoms. The zero-order chi connectivity index (χ0) is 14.2. The standard InChI is InChI=1S/C14H10N6S/c15-10-3-1-2-9(6-10)13-18-8-20(19-13)14-12-11(4-5-21-12)16-7-17-14/h1-8H,15H2. The van der Waals surface area contributed by atoms with Crippen molar-refractivity contribution in [3.05, 3.63) is 48.4 Å². The molecule has 0 saturated carbocycles. The molecular weight excluding hydrogens is 284 g/mol. The number of nitrogens with two attached hydrogens (primary N) is 1. The van der Waals surface area contributed by atoms with Crippen LogP contribution in [0.1, 0.15) is 0 Å². The molecule has 0 aliphatic carbocycles. The number of thiophene rings is 1. The highest BCUT2D eigenvalue weighted by molar-refractivity contribution is 7.17. The Bertz CT molecular complexity index is 926. The van der Waals surface area contributed by atoms with Gasteiger partial charge in [0.25, 0.3) is 0 Å². The summed E-state index contributed by atoms with van der Waals surface area (Å²) in [4.78, 5) is 12.9. The van der Waals surface area contributed by atoms with Crippen LogP contribution in [0.4, 0.5) is 5.69 Å². The molecule has 0 bridgehead atoms. The number of aromatic nitrogens is 5. The largest absolute Gasteiger partial charge is 0.399 e. The number of anilines is 1. The van der Waals surface area contributed by atoms with Gasteiger partial charge in [0.1, 0.15) is 12.7 Å². The number of nitrogens with zero attached hydrogens (tertiary/aromatic N) is 5. The Kier molecular flexibility index (Phi) is 2.65. The third-order valence-electron chi connectivity index (χ3n) is 3.08. The van der Waals surface area contributed by atoms with Gasteiger partial charge in [-0.3, -0.25) is 0 Å². The third-order valence-corrected chi connectivity index (χ3v) is 3.98. The van der Waals surface area contributed by atoms with Crippen LogP contribution in [0.3, 0.4) is 0 Å². The van der Waals surface area contributed by atoms with E-state index in [0.717, 1.165) is 21.6 Å². The van der Waals surface area contributed by atoms with E-state index < -0.39 is 0 Å². The average Bonchev–Trinajstić information content (AvgIpc) is 3.16. The highest BCUT2D eigenvalue weighted by Gasteiger charge is 2.10. The van der Waals surface area contributed by atoms with Gasteiger partial charge in [0.2, 0.25) is 0 Å². The molecule has 0 amide bonds. The molecule has 0 radical (unpaired) electrons. The quantitative estimate of drug-likeness (QED) is 0.574. The lowest BCUT2D eigenvalue weighted by atomic mass is 10.2. The Morgan fingerprint density at radius 2 is 2.05 bits per heavy atom. The minimum atomic E-state index is 0.616. The summed E-state index contributed by atoms with van der Waals surface area (Å²) in [5.74, 6) is 1.35. The Morgan fingerprint density at radius 1 is 1.10 bits per heavy atom. The second-order valence-electron chi connectivity index (χ2n) is 4.47. The molecule has 0 spiro atoms. The van der Waals surface area contributed by atoms with Crippen LogP contribution in [-0.4, -0.2) is 24.7 Å². The first kappa shape index (κ1) is 12.0. The first-order valence-electron chi connectivity index (χ1n) is 6.27. The normalized spacial score (nSPS) is 11.0. The predicted molar refractivity (Wildman–Crippen MR) is 82.2 cm³/mol. The van der Waals surface area contributed by atoms with Crippen LogP contribution >= 0.6 is 11.3 Å². The van der Waals surface area contributed by atoms with Gasteiger partial charge in [-0.1, -0.05) is 12.1 Å². The van der Waals surface area contributed by atoms with Gasteiger partial charge in [-0.05, 0) is 23.6 Å². The van der Waals surface area contributed by atoms with Crippen molar-refractivity contribution in [1.29, 1.82) is 0 Å². The van der Waals surface area contributed by atoms with E-state index in [4.69, 9.17) is 5.73 Å². The third kappa shape index (κ3) is 2.03. The zero-order valence-electron chi connectivity index (χ0n) is 10.8. The maximum Gasteiger partial charge on any atom is 0.181 e. The number of hydrogen-bond acceptors (Lipinski definition) is 6. The van der Waals surface area contributed by atoms with E-state index in [1.165, 1.54) is 6.33 Å². The van der Waals surface area contributed by atoms with Gasteiger partial charge in [-0.15, -0.1) is 16.4 Å². The van der Waals surface area contributed by atoms with Crippen LogP contribution in [0.15, 0.2) is 48.4 Å². The van der Waals surface area contributed by atoms with Crippen molar-refractivity contribution in [2.24, 2.45) is 0 Å². The molecular formula is C14H10N6S. The summed E-state index contributed by atoms with van der Waals surface area (Å²) in [6.07, 6.45) is 3.19. The Labute approximate surface area is 123 Å². The number of rotatable bonds is 2. The lowest BCUT2D eigenvalue weighted by Gasteiger charge is -2.00. The number of nitrogen functional groups attached to an aromatic ring is 1. The number of fused-ring (bicyclic) bond motifs is 1. The molecule has 1 aromatic carbocycles. The van der Waals surface area contributed by atoms with E-state index in [1.807, 2.05) is 35.7 Å². The molecule has 0 unspecified atom stereocenters. The molecule has 0 atom stereocenters. The molecule has 4 aromatic rings. The Balaban J connectivity index is 1.83. The van der Waals surface area contributed by atoms with Crippen molar-refractivity contribution in [3.8, 4) is 17.2 Å². The number of hydrogen-bond donors (Lipinski definition) is 1. The Morgan fingerprint density at radius 3 is 2.95 bits per heavy atom. The average molecular weight is 294 g/mol. The van der Waals surface area contributed by atoms with Crippen molar-refractivity contribution in [1.82, 2.24) is 24.7 Å². The van der Waals surface area contributed by atoms with E-state index in [-0.39, 0.29) is 0 Å². The van der Waals surface area contributed by atoms with Gasteiger partial charge in [-0.2, -0.15) is 0 Å². The smallest absolute Gasteiger partial charge is 0.181 e. The minimum absolute atomic E-state index is 0.616. The first-order valence-corrected chi connectivity index (χ1v) is 7.15. The first-order chi connectivity index (χ1) is 10.3. The Hall–Kier alpha value is -2.80. The predicted octanol–water partition coefficient (Wildman–Crippen LogP) is 2.52. The minimum Gasteiger partial charge on any atom is -0.399 e. The van der Waals surface area contributed by atoms with Crippen LogP contribution in [0, 0.1) is 0 Å². The van der Waals surface area contributed by atoms with Crippen molar-refractivity contribution in [2.45, 2.75) is 0 Å². The van der Waals surface area contributed by atoms with E-state index in [2.05, 4.69) is 20.1 Å². The van der Waals surface area contributed by atoms with Gasteiger partial charge < -0.3 is 5.73 Å². The number of benzene rings is 1. The summed E-state index contributed by atoms with van der Waals surface area (Å²) in [5.41, 5.74) is 8.27. The van der Waals surface area contributed by atoms with Crippen molar-refractivity contribution >= 4 is 27.2 Å². The van der Waals surface area contributed by atoms with Crippen molar-refractivity contribution < 1.29 is 0 Å². The van der Waals surface area contributed by atoms with E-state index >= 15 is 0 Å². The van der Waals surface area contributed by atoms with Gasteiger partial charge in [-0.25, -0.2) is 19.6 Å². The topological polar surface area (TPSA) is 82.5 Å². The van der Waals surface area contributed by atoms with E-state index in [9.17, 15) is 0 Å². The molecule has 0 saturated heterocycles. The van der Waals surface area contributed by atoms with Crippen LogP contribution in [0.5, 0.6) is 0 Å². The summed E-state index contributed by atoms with van der Waals surface area (Å²) < 4.78 is 2.65. The van der Waals surface area contributed by atoms with Crippen LogP contribution in [0.25, 0.3) is 27.4 Å². The molecule has 0 fully saturated rings. The second kappa shape index (κ2) is 4.64. The fraction of sp³-hybridized carbons (Fsp3) is 0. The van der Waals surface area contributed by atoms with Crippen LogP contribution in [0.2, 0.25) is 0 Å². The van der Waals surface area contributed by atoms with Gasteiger partial charge >= 0.3 is 0 Å². The van der Waals surface area contributed by atoms with Gasteiger partial charge in [0.05, 0.1) is 10.2 Å². The zero-order valence-corrected chi connectivity index (χ0v) is 11.7. The summed E-state index contributed by atoms with van der Waals surface area (Å²) in [6, 6.07) is 9.45. The summed E-state index contributed by atoms with van der Waals surface area (Å²) >= 11 is 1.58. The molecule has 0 aliphatic rings. The van der Waals surface area contributed by atoms with Crippen molar-refractivity contribution in [2.75, 3.05) is 5.73 Å². The molecule has 3 aromatic heterocycles. The van der Waals surface area contributed by atoms with Crippen LogP contribution in [-0.2, 0) is 0 Å². The maximum absolute atomic E-state index is 5.79. The van der Waals surface area contributed by atoms with Crippen LogP contribution < -0.4 is 5.73 Å². The highest BCUT2D eigenvalue weighted by atomic mass is 32.1. The summed E-state index contributed by atoms with van der Waals surface area (Å²) in [6.45, 7) is 0. The monoisotopic (exact) mass is 294 g/mol. The molecule has 3 heterocycles. The maximum atomic E-state index is 5.79. The van der Waals surface area contributed by atoms with Crippen molar-refractivity contribution in [3.63, 3.8) is 0 Å². The molecule has 2 N–H and O–H groups in total. The lowest BCUT2D eigenvalue weighted by molar-refractivity contribution is 0.854. The lowest BCUT2D eigenvalue weighted by Crippen LogP contribution is -1.99. The second-order valence-corrected chi connectivity index (χ2v) is 5.39. The van der Waals surface area contributed by atoms with E-state index in [0.29, 0.717) is 11.5 Å².